The monoisotopic (exact) mass is 135 g/mol. The predicted octanol–water partition coefficient (Wildman–Crippen LogP) is -1.95. The molecule has 0 aliphatic rings. The molecule has 4 nitrogen and oxygen atoms in total. The average molecular weight is 135 g/mol. The zero-order valence-electron chi connectivity index (χ0n) is 5.20. The maximum absolute atomic E-state index is 8.83. The summed E-state index contributed by atoms with van der Waals surface area (Å²) in [6.45, 7) is -0.0978. The summed E-state index contributed by atoms with van der Waals surface area (Å²) in [4.78, 5) is 0. The molecule has 9 heavy (non-hydrogen) atoms. The van der Waals surface area contributed by atoms with Crippen molar-refractivity contribution in [1.29, 1.82) is 0 Å². The summed E-state index contributed by atoms with van der Waals surface area (Å²) < 4.78 is 0. The summed E-state index contributed by atoms with van der Waals surface area (Å²) in [5.41, 5.74) is 5.01. The molecule has 0 rings (SSSR count). The summed E-state index contributed by atoms with van der Waals surface area (Å²) in [5.74, 6) is 0. The quantitative estimate of drug-likeness (QED) is 0.361. The fraction of sp³-hybridized carbons (Fsp3) is 1.00. The maximum Gasteiger partial charge on any atom is 0.0921 e. The Hall–Kier alpha value is -0.160. The highest BCUT2D eigenvalue weighted by Gasteiger charge is 2.12. The van der Waals surface area contributed by atoms with Gasteiger partial charge in [-0.1, -0.05) is 0 Å². The Morgan fingerprint density at radius 1 is 1.22 bits per heavy atom. The van der Waals surface area contributed by atoms with Crippen LogP contribution in [0.15, 0.2) is 0 Å². The molecule has 4 heteroatoms. The SMILES string of the molecule is NC[C@@H](O)[C@H](O)CCO. The molecule has 5 N–H and O–H groups in total. The lowest BCUT2D eigenvalue weighted by Gasteiger charge is -2.13. The Bertz CT molecular complexity index is 69.2. The molecule has 0 unspecified atom stereocenters. The van der Waals surface area contributed by atoms with E-state index in [0.717, 1.165) is 0 Å². The summed E-state index contributed by atoms with van der Waals surface area (Å²) in [5, 5.41) is 25.9. The molecule has 0 radical (unpaired) electrons. The van der Waals surface area contributed by atoms with E-state index in [9.17, 15) is 0 Å². The molecule has 0 aliphatic carbocycles. The van der Waals surface area contributed by atoms with Gasteiger partial charge < -0.3 is 21.1 Å². The Balaban J connectivity index is 3.32. The molecule has 0 heterocycles. The fourth-order valence-electron chi connectivity index (χ4n) is 0.482. The van der Waals surface area contributed by atoms with E-state index in [1.165, 1.54) is 0 Å². The Morgan fingerprint density at radius 3 is 2.11 bits per heavy atom. The Kier molecular flexibility index (Phi) is 4.61. The first-order chi connectivity index (χ1) is 4.22. The van der Waals surface area contributed by atoms with Crippen LogP contribution in [-0.4, -0.2) is 40.7 Å². The number of aliphatic hydroxyl groups is 3. The van der Waals surface area contributed by atoms with E-state index in [1.54, 1.807) is 0 Å². The molecule has 0 amide bonds. The molecule has 0 fully saturated rings. The highest BCUT2D eigenvalue weighted by molar-refractivity contribution is 4.66. The van der Waals surface area contributed by atoms with Gasteiger partial charge in [0, 0.05) is 13.2 Å². The zero-order chi connectivity index (χ0) is 7.28. The highest BCUT2D eigenvalue weighted by Crippen LogP contribution is 1.95. The second kappa shape index (κ2) is 4.69. The first-order valence-electron chi connectivity index (χ1n) is 2.89. The van der Waals surface area contributed by atoms with Gasteiger partial charge in [-0.05, 0) is 6.42 Å². The van der Waals surface area contributed by atoms with Crippen LogP contribution >= 0.6 is 0 Å². The lowest BCUT2D eigenvalue weighted by atomic mass is 10.1. The lowest BCUT2D eigenvalue weighted by Crippen LogP contribution is -2.33. The second-order valence-electron chi connectivity index (χ2n) is 1.88. The summed E-state index contributed by atoms with van der Waals surface area (Å²) >= 11 is 0. The van der Waals surface area contributed by atoms with Crippen LogP contribution in [0.2, 0.25) is 0 Å². The summed E-state index contributed by atoms with van der Waals surface area (Å²) in [7, 11) is 0. The molecule has 0 aromatic carbocycles. The van der Waals surface area contributed by atoms with Crippen LogP contribution in [0.25, 0.3) is 0 Å². The third-order valence-electron chi connectivity index (χ3n) is 1.11. The highest BCUT2D eigenvalue weighted by atomic mass is 16.3. The van der Waals surface area contributed by atoms with Crippen molar-refractivity contribution >= 4 is 0 Å². The molecule has 0 bridgehead atoms. The number of rotatable bonds is 4. The third-order valence-corrected chi connectivity index (χ3v) is 1.11. The van der Waals surface area contributed by atoms with E-state index in [1.807, 2.05) is 0 Å². The van der Waals surface area contributed by atoms with Gasteiger partial charge in [0.05, 0.1) is 12.2 Å². The number of aliphatic hydroxyl groups excluding tert-OH is 3. The van der Waals surface area contributed by atoms with Crippen LogP contribution in [0.5, 0.6) is 0 Å². The smallest absolute Gasteiger partial charge is 0.0921 e. The predicted molar refractivity (Wildman–Crippen MR) is 32.8 cm³/mol. The molecule has 0 saturated carbocycles. The van der Waals surface area contributed by atoms with Crippen LogP contribution < -0.4 is 5.73 Å². The van der Waals surface area contributed by atoms with Crippen molar-refractivity contribution in [2.24, 2.45) is 5.73 Å². The van der Waals surface area contributed by atoms with E-state index < -0.39 is 12.2 Å². The van der Waals surface area contributed by atoms with Gasteiger partial charge in [-0.25, -0.2) is 0 Å². The van der Waals surface area contributed by atoms with Crippen LogP contribution in [0, 0.1) is 0 Å². The van der Waals surface area contributed by atoms with Crippen molar-refractivity contribution < 1.29 is 15.3 Å². The first-order valence-corrected chi connectivity index (χ1v) is 2.89. The van der Waals surface area contributed by atoms with Gasteiger partial charge in [-0.2, -0.15) is 0 Å². The maximum atomic E-state index is 8.83. The van der Waals surface area contributed by atoms with Crippen LogP contribution in [-0.2, 0) is 0 Å². The number of hydrogen-bond donors (Lipinski definition) is 4. The molecule has 0 aromatic rings. The van der Waals surface area contributed by atoms with Crippen LogP contribution in [0.4, 0.5) is 0 Å². The second-order valence-corrected chi connectivity index (χ2v) is 1.88. The summed E-state index contributed by atoms with van der Waals surface area (Å²) in [6.07, 6.45) is -1.62. The van der Waals surface area contributed by atoms with Crippen molar-refractivity contribution in [2.45, 2.75) is 18.6 Å². The van der Waals surface area contributed by atoms with Gasteiger partial charge in [0.2, 0.25) is 0 Å². The van der Waals surface area contributed by atoms with Crippen molar-refractivity contribution in [3.05, 3.63) is 0 Å². The number of nitrogens with two attached hydrogens (primary N) is 1. The largest absolute Gasteiger partial charge is 0.396 e. The van der Waals surface area contributed by atoms with Gasteiger partial charge in [0.1, 0.15) is 0 Å². The normalized spacial score (nSPS) is 17.3. The van der Waals surface area contributed by atoms with E-state index in [4.69, 9.17) is 21.1 Å². The van der Waals surface area contributed by atoms with Gasteiger partial charge in [0.25, 0.3) is 0 Å². The zero-order valence-corrected chi connectivity index (χ0v) is 5.20. The molecule has 0 aliphatic heterocycles. The van der Waals surface area contributed by atoms with Crippen molar-refractivity contribution in [2.75, 3.05) is 13.2 Å². The Labute approximate surface area is 53.9 Å². The van der Waals surface area contributed by atoms with Gasteiger partial charge >= 0.3 is 0 Å². The van der Waals surface area contributed by atoms with Crippen LogP contribution in [0.3, 0.4) is 0 Å². The van der Waals surface area contributed by atoms with Gasteiger partial charge in [-0.15, -0.1) is 0 Å². The van der Waals surface area contributed by atoms with E-state index >= 15 is 0 Å². The lowest BCUT2D eigenvalue weighted by molar-refractivity contribution is 0.0108. The molecular weight excluding hydrogens is 122 g/mol. The topological polar surface area (TPSA) is 86.7 Å². The van der Waals surface area contributed by atoms with Crippen molar-refractivity contribution in [3.63, 3.8) is 0 Å². The molecule has 56 valence electrons. The van der Waals surface area contributed by atoms with Crippen LogP contribution in [0.1, 0.15) is 6.42 Å². The average Bonchev–Trinajstić information content (AvgIpc) is 1.87. The van der Waals surface area contributed by atoms with Crippen molar-refractivity contribution in [1.82, 2.24) is 0 Å². The van der Waals surface area contributed by atoms with Gasteiger partial charge in [0.15, 0.2) is 0 Å². The molecular formula is C5H13NO3. The molecule has 2 atom stereocenters. The molecule has 0 saturated heterocycles. The van der Waals surface area contributed by atoms with E-state index in [-0.39, 0.29) is 19.6 Å². The van der Waals surface area contributed by atoms with E-state index in [0.29, 0.717) is 0 Å². The van der Waals surface area contributed by atoms with Crippen molar-refractivity contribution in [3.8, 4) is 0 Å². The Morgan fingerprint density at radius 2 is 1.78 bits per heavy atom. The minimum absolute atomic E-state index is 0.0289. The molecule has 0 spiro atoms. The third kappa shape index (κ3) is 3.42. The van der Waals surface area contributed by atoms with E-state index in [2.05, 4.69) is 0 Å². The minimum atomic E-state index is -0.905. The fourth-order valence-corrected chi connectivity index (χ4v) is 0.482. The number of hydrogen-bond acceptors (Lipinski definition) is 4. The van der Waals surface area contributed by atoms with Gasteiger partial charge in [-0.3, -0.25) is 0 Å². The summed E-state index contributed by atoms with van der Waals surface area (Å²) in [6, 6.07) is 0. The first kappa shape index (κ1) is 8.84. The minimum Gasteiger partial charge on any atom is -0.396 e. The molecule has 0 aromatic heterocycles. The standard InChI is InChI=1S/C5H13NO3/c6-3-5(9)4(8)1-2-7/h4-5,7-9H,1-3,6H2/t4-,5-/m1/s1.